The number of unbranched alkanes of at least 4 members (excludes halogenated alkanes) is 9. The molecule has 0 aliphatic carbocycles. The van der Waals surface area contributed by atoms with Crippen molar-refractivity contribution in [3.63, 3.8) is 0 Å². The molecule has 30 heavy (non-hydrogen) atoms. The maximum absolute atomic E-state index is 12.4. The zero-order chi connectivity index (χ0) is 22.2. The number of carbonyl (C=O) groups excluding carboxylic acids is 2. The van der Waals surface area contributed by atoms with Gasteiger partial charge < -0.3 is 14.9 Å². The second kappa shape index (κ2) is 15.5. The van der Waals surface area contributed by atoms with Gasteiger partial charge in [0.15, 0.2) is 11.6 Å². The minimum absolute atomic E-state index is 0.126. The van der Waals surface area contributed by atoms with Gasteiger partial charge in [-0.25, -0.2) is 0 Å². The highest BCUT2D eigenvalue weighted by molar-refractivity contribution is 6.01. The zero-order valence-corrected chi connectivity index (χ0v) is 18.6. The summed E-state index contributed by atoms with van der Waals surface area (Å²) in [6.45, 7) is 2.02. The summed E-state index contributed by atoms with van der Waals surface area (Å²) in [7, 11) is 1.41. The summed E-state index contributed by atoms with van der Waals surface area (Å²) in [6, 6.07) is 2.51. The van der Waals surface area contributed by atoms with Crippen molar-refractivity contribution in [2.75, 3.05) is 7.11 Å². The van der Waals surface area contributed by atoms with Gasteiger partial charge in [-0.1, -0.05) is 57.9 Å². The Morgan fingerprint density at radius 1 is 0.900 bits per heavy atom. The molecule has 0 aromatic heterocycles. The molecule has 0 atom stereocenters. The fraction of sp³-hybridized carbons (Fsp3) is 0.600. The van der Waals surface area contributed by atoms with Gasteiger partial charge in [0.2, 0.25) is 0 Å². The SMILES string of the molecule is CCCC(=O)/C=C/CCCCCCCCCCCC(=O)c1c(O)cc(O)cc1OC. The van der Waals surface area contributed by atoms with Gasteiger partial charge in [-0.15, -0.1) is 0 Å². The van der Waals surface area contributed by atoms with E-state index in [0.717, 1.165) is 44.6 Å². The van der Waals surface area contributed by atoms with Crippen molar-refractivity contribution in [1.29, 1.82) is 0 Å². The van der Waals surface area contributed by atoms with Crippen LogP contribution in [0.1, 0.15) is 101 Å². The molecule has 5 nitrogen and oxygen atoms in total. The van der Waals surface area contributed by atoms with Gasteiger partial charge in [0.1, 0.15) is 22.8 Å². The Hall–Kier alpha value is -2.30. The molecule has 0 spiro atoms. The minimum Gasteiger partial charge on any atom is -0.508 e. The van der Waals surface area contributed by atoms with Crippen LogP contribution in [-0.2, 0) is 4.79 Å². The van der Waals surface area contributed by atoms with Crippen molar-refractivity contribution >= 4 is 11.6 Å². The van der Waals surface area contributed by atoms with Crippen LogP contribution < -0.4 is 4.74 Å². The zero-order valence-electron chi connectivity index (χ0n) is 18.6. The molecule has 0 saturated heterocycles. The average Bonchev–Trinajstić information content (AvgIpc) is 2.70. The van der Waals surface area contributed by atoms with Gasteiger partial charge in [-0.05, 0) is 31.8 Å². The topological polar surface area (TPSA) is 83.8 Å². The van der Waals surface area contributed by atoms with Gasteiger partial charge >= 0.3 is 0 Å². The number of aromatic hydroxyl groups is 2. The minimum atomic E-state index is -0.236. The quantitative estimate of drug-likeness (QED) is 0.171. The number of Topliss-reactive ketones (excluding diaryl/α,β-unsaturated/α-hetero) is 1. The number of methoxy groups -OCH3 is 1. The number of rotatable bonds is 17. The molecule has 0 unspecified atom stereocenters. The van der Waals surface area contributed by atoms with E-state index in [1.54, 1.807) is 6.08 Å². The highest BCUT2D eigenvalue weighted by Gasteiger charge is 2.18. The molecule has 5 heteroatoms. The monoisotopic (exact) mass is 418 g/mol. The van der Waals surface area contributed by atoms with Crippen LogP contribution >= 0.6 is 0 Å². The Morgan fingerprint density at radius 3 is 2.10 bits per heavy atom. The molecule has 0 heterocycles. The maximum Gasteiger partial charge on any atom is 0.170 e. The molecular weight excluding hydrogens is 380 g/mol. The van der Waals surface area contributed by atoms with Crippen LogP contribution in [0.25, 0.3) is 0 Å². The number of allylic oxidation sites excluding steroid dienone is 2. The normalized spacial score (nSPS) is 11.1. The first-order valence-electron chi connectivity index (χ1n) is 11.3. The first-order chi connectivity index (χ1) is 14.5. The van der Waals surface area contributed by atoms with Crippen LogP contribution in [-0.4, -0.2) is 28.9 Å². The molecule has 0 fully saturated rings. The number of hydrogen-bond donors (Lipinski definition) is 2. The first kappa shape index (κ1) is 25.7. The third-order valence-corrected chi connectivity index (χ3v) is 5.14. The van der Waals surface area contributed by atoms with E-state index in [2.05, 4.69) is 0 Å². The fourth-order valence-corrected chi connectivity index (χ4v) is 3.48. The van der Waals surface area contributed by atoms with E-state index in [9.17, 15) is 19.8 Å². The molecule has 0 saturated carbocycles. The maximum atomic E-state index is 12.4. The molecule has 0 aliphatic rings. The number of carbonyl (C=O) groups is 2. The summed E-state index contributed by atoms with van der Waals surface area (Å²) in [5, 5.41) is 19.4. The lowest BCUT2D eigenvalue weighted by Crippen LogP contribution is -2.03. The predicted molar refractivity (Wildman–Crippen MR) is 120 cm³/mol. The summed E-state index contributed by atoms with van der Waals surface area (Å²) < 4.78 is 5.10. The van der Waals surface area contributed by atoms with Gasteiger partial charge in [0.25, 0.3) is 0 Å². The molecule has 2 N–H and O–H groups in total. The van der Waals surface area contributed by atoms with E-state index in [1.165, 1.54) is 45.3 Å². The molecular formula is C25H38O5. The van der Waals surface area contributed by atoms with Crippen LogP contribution in [0.15, 0.2) is 24.3 Å². The van der Waals surface area contributed by atoms with Crippen molar-refractivity contribution in [3.05, 3.63) is 29.8 Å². The standard InChI is InChI=1S/C25H38O5/c1-3-15-20(26)16-13-11-9-7-5-4-6-8-10-12-14-17-22(28)25-23(29)18-21(27)19-24(25)30-2/h13,16,18-19,27,29H,3-12,14-15,17H2,1-2H3/b16-13+. The molecule has 1 aromatic carbocycles. The molecule has 168 valence electrons. The van der Waals surface area contributed by atoms with Crippen molar-refractivity contribution in [2.24, 2.45) is 0 Å². The lowest BCUT2D eigenvalue weighted by Gasteiger charge is -2.10. The van der Waals surface area contributed by atoms with Crippen molar-refractivity contribution in [3.8, 4) is 17.2 Å². The van der Waals surface area contributed by atoms with Crippen LogP contribution in [0.5, 0.6) is 17.2 Å². The van der Waals surface area contributed by atoms with E-state index in [1.807, 2.05) is 13.0 Å². The van der Waals surface area contributed by atoms with E-state index in [0.29, 0.717) is 12.8 Å². The van der Waals surface area contributed by atoms with Crippen LogP contribution in [0.3, 0.4) is 0 Å². The van der Waals surface area contributed by atoms with Crippen LogP contribution in [0.2, 0.25) is 0 Å². The van der Waals surface area contributed by atoms with Gasteiger partial charge in [-0.2, -0.15) is 0 Å². The largest absolute Gasteiger partial charge is 0.508 e. The van der Waals surface area contributed by atoms with Gasteiger partial charge in [-0.3, -0.25) is 9.59 Å². The van der Waals surface area contributed by atoms with Gasteiger partial charge in [0.05, 0.1) is 7.11 Å². The Labute approximate surface area is 181 Å². The van der Waals surface area contributed by atoms with E-state index < -0.39 is 0 Å². The number of ketones is 2. The van der Waals surface area contributed by atoms with E-state index >= 15 is 0 Å². The lowest BCUT2D eigenvalue weighted by atomic mass is 10.0. The number of ether oxygens (including phenoxy) is 1. The third kappa shape index (κ3) is 10.5. The van der Waals surface area contributed by atoms with Gasteiger partial charge in [0, 0.05) is 25.0 Å². The Kier molecular flexibility index (Phi) is 13.3. The van der Waals surface area contributed by atoms with Crippen molar-refractivity contribution in [1.82, 2.24) is 0 Å². The molecule has 0 amide bonds. The smallest absolute Gasteiger partial charge is 0.170 e. The number of phenols is 2. The van der Waals surface area contributed by atoms with E-state index in [4.69, 9.17) is 4.74 Å². The third-order valence-electron chi connectivity index (χ3n) is 5.14. The fourth-order valence-electron chi connectivity index (χ4n) is 3.48. The Balaban J connectivity index is 2.05. The molecule has 0 bridgehead atoms. The Morgan fingerprint density at radius 2 is 1.50 bits per heavy atom. The number of phenolic OH excluding ortho intramolecular Hbond substituents is 2. The van der Waals surface area contributed by atoms with Crippen LogP contribution in [0.4, 0.5) is 0 Å². The first-order valence-corrected chi connectivity index (χ1v) is 11.3. The number of benzene rings is 1. The van der Waals surface area contributed by atoms with E-state index in [-0.39, 0.29) is 34.4 Å². The number of hydrogen-bond acceptors (Lipinski definition) is 5. The van der Waals surface area contributed by atoms with Crippen molar-refractivity contribution < 1.29 is 24.5 Å². The summed E-state index contributed by atoms with van der Waals surface area (Å²) in [5.41, 5.74) is 0.153. The van der Waals surface area contributed by atoms with Crippen LogP contribution in [0, 0.1) is 0 Å². The predicted octanol–water partition coefficient (Wildman–Crippen LogP) is 6.51. The Bertz CT molecular complexity index is 678. The molecule has 1 rings (SSSR count). The average molecular weight is 419 g/mol. The summed E-state index contributed by atoms with van der Waals surface area (Å²) in [5.74, 6) is -0.0760. The second-order valence-electron chi connectivity index (χ2n) is 7.80. The summed E-state index contributed by atoms with van der Waals surface area (Å²) in [6.07, 6.45) is 16.7. The summed E-state index contributed by atoms with van der Waals surface area (Å²) in [4.78, 5) is 23.7. The molecule has 0 aliphatic heterocycles. The highest BCUT2D eigenvalue weighted by atomic mass is 16.5. The second-order valence-corrected chi connectivity index (χ2v) is 7.80. The summed E-state index contributed by atoms with van der Waals surface area (Å²) >= 11 is 0. The highest BCUT2D eigenvalue weighted by Crippen LogP contribution is 2.34. The molecule has 1 aromatic rings. The molecule has 0 radical (unpaired) electrons. The lowest BCUT2D eigenvalue weighted by molar-refractivity contribution is -0.114. The van der Waals surface area contributed by atoms with Crippen molar-refractivity contribution in [2.45, 2.75) is 90.4 Å².